The highest BCUT2D eigenvalue weighted by atomic mass is 29.8. The normalized spacial score (nSPS) is 33.9. The van der Waals surface area contributed by atoms with Crippen LogP contribution in [0.4, 0.5) is 0 Å². The lowest BCUT2D eigenvalue weighted by atomic mass is 10.2. The molecule has 1 fully saturated rings. The minimum atomic E-state index is -0.541. The van der Waals surface area contributed by atoms with E-state index in [1.165, 1.54) is 6.23 Å². The zero-order valence-electron chi connectivity index (χ0n) is 10.7. The Bertz CT molecular complexity index is 172. The summed E-state index contributed by atoms with van der Waals surface area (Å²) < 4.78 is 5.93. The molecule has 0 amide bonds. The summed E-state index contributed by atoms with van der Waals surface area (Å²) in [5, 5.41) is 1.35. The summed E-state index contributed by atoms with van der Waals surface area (Å²) in [6, 6.07) is 0. The molecule has 1 heterocycles. The van der Waals surface area contributed by atoms with Crippen LogP contribution in [0.25, 0.3) is 0 Å². The Kier molecular flexibility index (Phi) is 4.02. The Morgan fingerprint density at radius 2 is 1.57 bits per heavy atom. The van der Waals surface area contributed by atoms with E-state index in [2.05, 4.69) is 41.5 Å². The van der Waals surface area contributed by atoms with Gasteiger partial charge in [0.15, 0.2) is 0 Å². The lowest BCUT2D eigenvalue weighted by Gasteiger charge is -2.44. The molecule has 1 saturated heterocycles. The van der Waals surface area contributed by atoms with Gasteiger partial charge in [-0.15, -0.1) is 0 Å². The Labute approximate surface area is 96.4 Å². The molecule has 1 nitrogen and oxygen atoms in total. The van der Waals surface area contributed by atoms with Crippen LogP contribution in [0, 0.1) is 0 Å². The second-order valence-electron chi connectivity index (χ2n) is 6.81. The maximum absolute atomic E-state index is 5.93. The van der Waals surface area contributed by atoms with Crippen molar-refractivity contribution in [1.29, 1.82) is 0 Å². The highest BCUT2D eigenvalue weighted by molar-refractivity contribution is 7.57. The summed E-state index contributed by atoms with van der Waals surface area (Å²) in [6.45, 7) is 15.0. The molecule has 84 valence electrons. The molecule has 1 rings (SSSR count). The first-order valence-electron chi connectivity index (χ1n) is 5.80. The molecule has 0 aromatic rings. The molecule has 0 aromatic carbocycles. The van der Waals surface area contributed by atoms with Crippen molar-refractivity contribution in [3.63, 3.8) is 0 Å². The van der Waals surface area contributed by atoms with Gasteiger partial charge >= 0.3 is 0 Å². The fourth-order valence-corrected chi connectivity index (χ4v) is 62.2. The van der Waals surface area contributed by atoms with Crippen molar-refractivity contribution < 1.29 is 4.43 Å². The van der Waals surface area contributed by atoms with Crippen molar-refractivity contribution in [1.82, 2.24) is 0 Å². The molecular formula is C9H26OSi4. The Morgan fingerprint density at radius 3 is 1.93 bits per heavy atom. The number of hydrogen-bond acceptors (Lipinski definition) is 1. The highest BCUT2D eigenvalue weighted by Gasteiger charge is 2.42. The fourth-order valence-electron chi connectivity index (χ4n) is 2.63. The number of rotatable bonds is 0. The highest BCUT2D eigenvalue weighted by Crippen LogP contribution is 2.37. The van der Waals surface area contributed by atoms with Crippen LogP contribution in [0.15, 0.2) is 0 Å². The van der Waals surface area contributed by atoms with E-state index in [9.17, 15) is 0 Å². The van der Waals surface area contributed by atoms with E-state index >= 15 is 0 Å². The van der Waals surface area contributed by atoms with Crippen LogP contribution in [-0.2, 0) is 4.43 Å². The Balaban J connectivity index is 2.80. The van der Waals surface area contributed by atoms with Crippen LogP contribution in [0.3, 0.4) is 0 Å². The van der Waals surface area contributed by atoms with Crippen molar-refractivity contribution in [2.75, 3.05) is 6.23 Å². The third-order valence-corrected chi connectivity index (χ3v) is 49.9. The smallest absolute Gasteiger partial charge is 0.139 e. The van der Waals surface area contributed by atoms with Gasteiger partial charge in [0.1, 0.15) is 9.28 Å². The maximum atomic E-state index is 5.93. The molecular weight excluding hydrogens is 236 g/mol. The van der Waals surface area contributed by atoms with Gasteiger partial charge in [0, 0.05) is 22.6 Å². The first kappa shape index (κ1) is 12.9. The van der Waals surface area contributed by atoms with Crippen molar-refractivity contribution in [3.05, 3.63) is 0 Å². The van der Waals surface area contributed by atoms with E-state index in [1.54, 1.807) is 0 Å². The van der Waals surface area contributed by atoms with Crippen LogP contribution < -0.4 is 0 Å². The lowest BCUT2D eigenvalue weighted by Crippen LogP contribution is -2.60. The quantitative estimate of drug-likeness (QED) is 0.573. The van der Waals surface area contributed by atoms with Gasteiger partial charge in [-0.3, -0.25) is 0 Å². The summed E-state index contributed by atoms with van der Waals surface area (Å²) in [7, 11) is -0.546. The monoisotopic (exact) mass is 262 g/mol. The van der Waals surface area contributed by atoms with Gasteiger partial charge in [-0.2, -0.15) is 0 Å². The van der Waals surface area contributed by atoms with Crippen molar-refractivity contribution in [2.45, 2.75) is 51.6 Å². The van der Waals surface area contributed by atoms with Gasteiger partial charge in [-0.05, 0) is 5.04 Å². The van der Waals surface area contributed by atoms with Crippen LogP contribution in [-0.4, -0.2) is 40.2 Å². The second-order valence-corrected chi connectivity index (χ2v) is 32.9. The first-order valence-corrected chi connectivity index (χ1v) is 18.3. The third kappa shape index (κ3) is 3.16. The molecule has 0 aromatic heterocycles. The van der Waals surface area contributed by atoms with Crippen LogP contribution in [0.1, 0.15) is 41.5 Å². The first-order chi connectivity index (χ1) is 6.23. The average molecular weight is 263 g/mol. The van der Waals surface area contributed by atoms with Gasteiger partial charge in [0.05, 0.1) is 8.31 Å². The summed E-state index contributed by atoms with van der Waals surface area (Å²) in [5.74, 6) is 0. The molecule has 0 bridgehead atoms. The molecule has 0 N–H and O–H groups in total. The van der Waals surface area contributed by atoms with Gasteiger partial charge < -0.3 is 4.43 Å². The SMILES string of the molecule is CC(C)(C)[SiH]1CO[SiH2][SiH2][SiH]1C(C)(C)C. The maximum Gasteiger partial charge on any atom is 0.139 e. The molecule has 2 unspecified atom stereocenters. The average Bonchev–Trinajstić information content (AvgIpc) is 2.01. The summed E-state index contributed by atoms with van der Waals surface area (Å²) in [5.41, 5.74) is 0. The molecule has 2 atom stereocenters. The van der Waals surface area contributed by atoms with Gasteiger partial charge in [-0.25, -0.2) is 0 Å². The van der Waals surface area contributed by atoms with E-state index in [4.69, 9.17) is 4.43 Å². The minimum Gasteiger partial charge on any atom is -0.432 e. The zero-order chi connectivity index (χ0) is 11.0. The van der Waals surface area contributed by atoms with Crippen molar-refractivity contribution >= 4 is 34.0 Å². The van der Waals surface area contributed by atoms with Crippen molar-refractivity contribution in [3.8, 4) is 0 Å². The molecule has 1 aliphatic heterocycles. The molecule has 0 radical (unpaired) electrons. The minimum absolute atomic E-state index is 0.0268. The second kappa shape index (κ2) is 4.37. The largest absolute Gasteiger partial charge is 0.432 e. The van der Waals surface area contributed by atoms with Crippen molar-refractivity contribution in [2.24, 2.45) is 0 Å². The van der Waals surface area contributed by atoms with E-state index in [0.29, 0.717) is 18.6 Å². The van der Waals surface area contributed by atoms with E-state index in [-0.39, 0.29) is 17.1 Å². The van der Waals surface area contributed by atoms with Crippen LogP contribution in [0.2, 0.25) is 10.1 Å². The molecule has 0 aliphatic carbocycles. The van der Waals surface area contributed by atoms with Crippen LogP contribution in [0.5, 0.6) is 0 Å². The van der Waals surface area contributed by atoms with E-state index in [1.807, 2.05) is 0 Å². The van der Waals surface area contributed by atoms with Gasteiger partial charge in [-0.1, -0.05) is 46.6 Å². The molecule has 0 spiro atoms. The Hall–Kier alpha value is 0.828. The van der Waals surface area contributed by atoms with E-state index in [0.717, 1.165) is 0 Å². The summed E-state index contributed by atoms with van der Waals surface area (Å²) in [4.78, 5) is 0. The topological polar surface area (TPSA) is 9.23 Å². The van der Waals surface area contributed by atoms with E-state index < -0.39 is 8.31 Å². The summed E-state index contributed by atoms with van der Waals surface area (Å²) >= 11 is 0. The Morgan fingerprint density at radius 1 is 1.00 bits per heavy atom. The molecule has 5 heteroatoms. The predicted octanol–water partition coefficient (Wildman–Crippen LogP) is 0.353. The van der Waals surface area contributed by atoms with Gasteiger partial charge in [0.25, 0.3) is 0 Å². The lowest BCUT2D eigenvalue weighted by molar-refractivity contribution is 0.410. The number of hydrogen-bond donors (Lipinski definition) is 0. The molecule has 0 saturated carbocycles. The summed E-state index contributed by atoms with van der Waals surface area (Å²) in [6.07, 6.45) is 1.25. The predicted molar refractivity (Wildman–Crippen MR) is 76.8 cm³/mol. The molecule has 1 aliphatic rings. The standard InChI is InChI=1S/C9H26OSi4/c1-8(2,3)13-7-10-11-12-14(13)9(4,5)6/h13-14H,7,11-12H2,1-6H3. The zero-order valence-corrected chi connectivity index (χ0v) is 15.8. The van der Waals surface area contributed by atoms with Crippen LogP contribution >= 0.6 is 0 Å². The molecule has 14 heavy (non-hydrogen) atoms. The van der Waals surface area contributed by atoms with Gasteiger partial charge in [0.2, 0.25) is 0 Å². The third-order valence-electron chi connectivity index (χ3n) is 3.58. The fraction of sp³-hybridized carbons (Fsp3) is 1.00.